The molecule has 4 heteroatoms. The second kappa shape index (κ2) is 6.97. The van der Waals surface area contributed by atoms with E-state index in [1.54, 1.807) is 6.08 Å². The predicted octanol–water partition coefficient (Wildman–Crippen LogP) is 5.43. The number of anilines is 1. The molecule has 2 nitrogen and oxygen atoms in total. The lowest BCUT2D eigenvalue weighted by Crippen LogP contribution is -2.10. The molecule has 0 saturated heterocycles. The van der Waals surface area contributed by atoms with E-state index in [0.717, 1.165) is 11.6 Å². The molecule has 0 heterocycles. The van der Waals surface area contributed by atoms with Crippen molar-refractivity contribution in [2.45, 2.75) is 26.2 Å². The van der Waals surface area contributed by atoms with Gasteiger partial charge in [-0.3, -0.25) is 4.79 Å². The Morgan fingerprint density at radius 1 is 1.13 bits per heavy atom. The first-order valence-electron chi connectivity index (χ1n) is 7.30. The fourth-order valence-electron chi connectivity index (χ4n) is 2.03. The van der Waals surface area contributed by atoms with Crippen LogP contribution in [0.5, 0.6) is 0 Å². The van der Waals surface area contributed by atoms with Crippen LogP contribution in [0.3, 0.4) is 0 Å². The molecule has 0 aliphatic carbocycles. The Hall–Kier alpha value is -2.13. The summed E-state index contributed by atoms with van der Waals surface area (Å²) in [6.45, 7) is 6.43. The number of hydrogen-bond acceptors (Lipinski definition) is 1. The van der Waals surface area contributed by atoms with Crippen LogP contribution in [0.25, 0.3) is 6.08 Å². The Bertz CT molecular complexity index is 730. The quantitative estimate of drug-likeness (QED) is 0.747. The minimum absolute atomic E-state index is 0.0890. The van der Waals surface area contributed by atoms with Crippen molar-refractivity contribution in [1.82, 2.24) is 0 Å². The maximum atomic E-state index is 13.6. The number of halogens is 2. The van der Waals surface area contributed by atoms with Crippen LogP contribution in [-0.4, -0.2) is 5.91 Å². The molecule has 0 aliphatic rings. The van der Waals surface area contributed by atoms with Gasteiger partial charge in [0.05, 0.1) is 5.69 Å². The van der Waals surface area contributed by atoms with Crippen LogP contribution in [0.2, 0.25) is 5.02 Å². The Labute approximate surface area is 141 Å². The monoisotopic (exact) mass is 331 g/mol. The average Bonchev–Trinajstić information content (AvgIpc) is 2.47. The Kier molecular flexibility index (Phi) is 5.22. The van der Waals surface area contributed by atoms with Crippen molar-refractivity contribution in [3.8, 4) is 0 Å². The lowest BCUT2D eigenvalue weighted by Gasteiger charge is -2.18. The molecule has 0 radical (unpaired) electrons. The lowest BCUT2D eigenvalue weighted by molar-refractivity contribution is -0.111. The van der Waals surface area contributed by atoms with Gasteiger partial charge in [-0.1, -0.05) is 56.6 Å². The summed E-state index contributed by atoms with van der Waals surface area (Å²) < 4.78 is 13.6. The first-order chi connectivity index (χ1) is 10.8. The number of rotatable bonds is 3. The molecule has 2 rings (SSSR count). The molecule has 0 spiro atoms. The highest BCUT2D eigenvalue weighted by molar-refractivity contribution is 6.30. The van der Waals surface area contributed by atoms with E-state index in [9.17, 15) is 9.18 Å². The van der Waals surface area contributed by atoms with Gasteiger partial charge in [0.2, 0.25) is 5.91 Å². The zero-order valence-corrected chi connectivity index (χ0v) is 14.1. The van der Waals surface area contributed by atoms with Crippen LogP contribution in [-0.2, 0) is 10.2 Å². The highest BCUT2D eigenvalue weighted by atomic mass is 35.5. The van der Waals surface area contributed by atoms with E-state index in [2.05, 4.69) is 26.1 Å². The molecule has 23 heavy (non-hydrogen) atoms. The minimum Gasteiger partial charge on any atom is -0.320 e. The van der Waals surface area contributed by atoms with Crippen molar-refractivity contribution in [2.24, 2.45) is 0 Å². The molecule has 0 unspecified atom stereocenters. The molecule has 0 atom stereocenters. The van der Waals surface area contributed by atoms with E-state index in [0.29, 0.717) is 0 Å². The smallest absolute Gasteiger partial charge is 0.248 e. The van der Waals surface area contributed by atoms with Gasteiger partial charge < -0.3 is 5.32 Å². The van der Waals surface area contributed by atoms with Gasteiger partial charge in [-0.2, -0.15) is 0 Å². The molecule has 0 bridgehead atoms. The second-order valence-electron chi connectivity index (χ2n) is 6.32. The first-order valence-corrected chi connectivity index (χ1v) is 7.68. The molecule has 1 amide bonds. The third-order valence-electron chi connectivity index (χ3n) is 3.39. The molecule has 0 fully saturated rings. The van der Waals surface area contributed by atoms with Crippen LogP contribution < -0.4 is 5.32 Å². The van der Waals surface area contributed by atoms with Crippen LogP contribution >= 0.6 is 11.6 Å². The van der Waals surface area contributed by atoms with Crippen molar-refractivity contribution < 1.29 is 9.18 Å². The Morgan fingerprint density at radius 2 is 1.78 bits per heavy atom. The van der Waals surface area contributed by atoms with Crippen LogP contribution in [0.1, 0.15) is 31.9 Å². The van der Waals surface area contributed by atoms with Crippen molar-refractivity contribution in [3.63, 3.8) is 0 Å². The van der Waals surface area contributed by atoms with E-state index in [4.69, 9.17) is 11.6 Å². The summed E-state index contributed by atoms with van der Waals surface area (Å²) in [5.41, 5.74) is 2.32. The van der Waals surface area contributed by atoms with Crippen LogP contribution in [0.15, 0.2) is 48.5 Å². The summed E-state index contributed by atoms with van der Waals surface area (Å²) in [5.74, 6) is -0.958. The molecule has 0 aromatic heterocycles. The zero-order valence-electron chi connectivity index (χ0n) is 13.4. The van der Waals surface area contributed by atoms with Crippen LogP contribution in [0.4, 0.5) is 10.1 Å². The fourth-order valence-corrected chi connectivity index (χ4v) is 2.19. The fraction of sp³-hybridized carbons (Fsp3) is 0.211. The number of hydrogen-bond donors (Lipinski definition) is 1. The van der Waals surface area contributed by atoms with E-state index in [-0.39, 0.29) is 16.1 Å². The third kappa shape index (κ3) is 4.93. The van der Waals surface area contributed by atoms with Gasteiger partial charge in [-0.05, 0) is 40.8 Å². The highest BCUT2D eigenvalue weighted by Gasteiger charge is 2.12. The second-order valence-corrected chi connectivity index (χ2v) is 6.76. The number of carbonyl (C=O) groups excluding carboxylic acids is 1. The van der Waals surface area contributed by atoms with E-state index in [1.165, 1.54) is 23.8 Å². The van der Waals surface area contributed by atoms with E-state index < -0.39 is 11.7 Å². The van der Waals surface area contributed by atoms with Crippen molar-refractivity contribution in [2.75, 3.05) is 5.32 Å². The number of carbonyl (C=O) groups is 1. The van der Waals surface area contributed by atoms with Gasteiger partial charge in [0, 0.05) is 11.1 Å². The Morgan fingerprint density at radius 3 is 2.35 bits per heavy atom. The normalized spacial score (nSPS) is 11.7. The molecule has 0 aliphatic heterocycles. The SMILES string of the molecule is CC(C)(C)c1ccc(C=CC(=O)Nc2ccc(Cl)cc2F)cc1. The number of benzene rings is 2. The van der Waals surface area contributed by atoms with Gasteiger partial charge in [-0.15, -0.1) is 0 Å². The van der Waals surface area contributed by atoms with Crippen molar-refractivity contribution in [1.29, 1.82) is 0 Å². The number of amides is 1. The van der Waals surface area contributed by atoms with E-state index >= 15 is 0 Å². The highest BCUT2D eigenvalue weighted by Crippen LogP contribution is 2.22. The van der Waals surface area contributed by atoms with Gasteiger partial charge in [0.25, 0.3) is 0 Å². The Balaban J connectivity index is 2.03. The van der Waals surface area contributed by atoms with Gasteiger partial charge in [-0.25, -0.2) is 4.39 Å². The topological polar surface area (TPSA) is 29.1 Å². The van der Waals surface area contributed by atoms with E-state index in [1.807, 2.05) is 24.3 Å². The molecule has 2 aromatic carbocycles. The summed E-state index contributed by atoms with van der Waals surface area (Å²) in [7, 11) is 0. The van der Waals surface area contributed by atoms with Crippen molar-refractivity contribution in [3.05, 3.63) is 70.5 Å². The molecule has 120 valence electrons. The summed E-state index contributed by atoms with van der Waals surface area (Å²) in [6, 6.07) is 12.1. The molecular formula is C19H19ClFNO. The van der Waals surface area contributed by atoms with Crippen LogP contribution in [0, 0.1) is 5.82 Å². The number of nitrogens with one attached hydrogen (secondary N) is 1. The summed E-state index contributed by atoms with van der Waals surface area (Å²) in [6.07, 6.45) is 3.07. The largest absolute Gasteiger partial charge is 0.320 e. The van der Waals surface area contributed by atoms with Gasteiger partial charge in [0.15, 0.2) is 0 Å². The van der Waals surface area contributed by atoms with Gasteiger partial charge in [0.1, 0.15) is 5.82 Å². The third-order valence-corrected chi connectivity index (χ3v) is 3.63. The molecule has 0 saturated carbocycles. The summed E-state index contributed by atoms with van der Waals surface area (Å²) in [4.78, 5) is 11.9. The maximum absolute atomic E-state index is 13.6. The zero-order chi connectivity index (χ0) is 17.0. The molecule has 2 aromatic rings. The van der Waals surface area contributed by atoms with Crippen molar-refractivity contribution >= 4 is 29.3 Å². The predicted molar refractivity (Wildman–Crippen MR) is 94.2 cm³/mol. The van der Waals surface area contributed by atoms with Gasteiger partial charge >= 0.3 is 0 Å². The molecule has 1 N–H and O–H groups in total. The average molecular weight is 332 g/mol. The standard InChI is InChI=1S/C19H19ClFNO/c1-19(2,3)14-7-4-13(5-8-14)6-11-18(23)22-17-10-9-15(20)12-16(17)21/h4-12H,1-3H3,(H,22,23). The minimum atomic E-state index is -0.561. The maximum Gasteiger partial charge on any atom is 0.248 e. The molecular weight excluding hydrogens is 313 g/mol. The lowest BCUT2D eigenvalue weighted by atomic mass is 9.87. The first kappa shape index (κ1) is 17.2. The summed E-state index contributed by atoms with van der Waals surface area (Å²) in [5, 5.41) is 2.77. The summed E-state index contributed by atoms with van der Waals surface area (Å²) >= 11 is 5.67.